The molecule has 0 radical (unpaired) electrons. The van der Waals surface area contributed by atoms with Gasteiger partial charge in [-0.15, -0.1) is 0 Å². The molecule has 2 atom stereocenters. The fourth-order valence-corrected chi connectivity index (χ4v) is 4.37. The van der Waals surface area contributed by atoms with Crippen LogP contribution in [0.5, 0.6) is 5.75 Å². The number of carbonyl (C=O) groups excluding carboxylic acids is 1. The van der Waals surface area contributed by atoms with Crippen LogP contribution in [0.1, 0.15) is 39.0 Å². The number of nitrogens with zero attached hydrogens (tertiary/aromatic N) is 3. The summed E-state index contributed by atoms with van der Waals surface area (Å²) in [5.41, 5.74) is 14.1. The Morgan fingerprint density at radius 1 is 1.34 bits per heavy atom. The standard InChI is InChI=1S/C22H32N8O2/c1-3-30-18-10-13(11-19(32-2)15(18)12-26-30)27-21-14(20(24)31)8-9-25-22(29-21)28-17-7-5-4-6-16(17)23/h10-12,16-17,27H,3-9,23H2,1-2H3,(H2,24,31)(H2,25,28,29)/t16-,17+/m0/s1. The van der Waals surface area contributed by atoms with E-state index in [2.05, 4.69) is 26.0 Å². The van der Waals surface area contributed by atoms with Crippen LogP contribution >= 0.6 is 0 Å². The van der Waals surface area contributed by atoms with E-state index in [4.69, 9.17) is 16.2 Å². The average molecular weight is 441 g/mol. The molecule has 0 unspecified atom stereocenters. The number of hydrogen-bond acceptors (Lipinski definition) is 8. The van der Waals surface area contributed by atoms with Crippen LogP contribution in [-0.2, 0) is 11.3 Å². The summed E-state index contributed by atoms with van der Waals surface area (Å²) in [6.07, 6.45) is 6.49. The van der Waals surface area contributed by atoms with Crippen LogP contribution in [0.3, 0.4) is 0 Å². The van der Waals surface area contributed by atoms with Gasteiger partial charge in [-0.1, -0.05) is 12.8 Å². The van der Waals surface area contributed by atoms with Crippen molar-refractivity contribution in [2.24, 2.45) is 16.5 Å². The lowest BCUT2D eigenvalue weighted by molar-refractivity contribution is -0.114. The second-order valence-corrected chi connectivity index (χ2v) is 8.22. The van der Waals surface area contributed by atoms with Crippen LogP contribution in [0, 0.1) is 0 Å². The topological polar surface area (TPSA) is 145 Å². The Morgan fingerprint density at radius 3 is 2.88 bits per heavy atom. The third-order valence-corrected chi connectivity index (χ3v) is 6.13. The first kappa shape index (κ1) is 21.9. The van der Waals surface area contributed by atoms with Crippen LogP contribution in [0.2, 0.25) is 0 Å². The number of nitrogens with two attached hydrogens (primary N) is 2. The molecule has 7 N–H and O–H groups in total. The maximum absolute atomic E-state index is 12.2. The van der Waals surface area contributed by atoms with Crippen molar-refractivity contribution in [1.82, 2.24) is 20.4 Å². The van der Waals surface area contributed by atoms with Gasteiger partial charge in [-0.05, 0) is 25.8 Å². The fraction of sp³-hybridized carbons (Fsp3) is 0.500. The number of aryl methyl sites for hydroxylation is 1. The summed E-state index contributed by atoms with van der Waals surface area (Å²) in [5.74, 6) is 1.31. The van der Waals surface area contributed by atoms with Gasteiger partial charge in [0.25, 0.3) is 0 Å². The van der Waals surface area contributed by atoms with Gasteiger partial charge in [0.15, 0.2) is 5.96 Å². The molecular weight excluding hydrogens is 408 g/mol. The average Bonchev–Trinajstić information content (AvgIpc) is 3.09. The molecule has 0 bridgehead atoms. The van der Waals surface area contributed by atoms with Gasteiger partial charge in [0.1, 0.15) is 11.6 Å². The molecule has 2 aliphatic rings. The van der Waals surface area contributed by atoms with Crippen molar-refractivity contribution in [3.63, 3.8) is 0 Å². The number of rotatable bonds is 6. The zero-order chi connectivity index (χ0) is 22.7. The van der Waals surface area contributed by atoms with Crippen LogP contribution in [0.4, 0.5) is 5.69 Å². The van der Waals surface area contributed by atoms with Gasteiger partial charge in [-0.2, -0.15) is 5.10 Å². The Bertz CT molecular complexity index is 1060. The zero-order valence-electron chi connectivity index (χ0n) is 18.6. The predicted molar refractivity (Wildman–Crippen MR) is 125 cm³/mol. The largest absolute Gasteiger partial charge is 0.496 e. The maximum Gasteiger partial charge on any atom is 0.248 e. The van der Waals surface area contributed by atoms with E-state index in [1.54, 1.807) is 13.3 Å². The number of anilines is 1. The number of methoxy groups -OCH3 is 1. The minimum atomic E-state index is -0.488. The van der Waals surface area contributed by atoms with Gasteiger partial charge in [0, 0.05) is 43.3 Å². The van der Waals surface area contributed by atoms with Gasteiger partial charge < -0.3 is 32.2 Å². The first-order valence-electron chi connectivity index (χ1n) is 11.2. The Morgan fingerprint density at radius 2 is 2.16 bits per heavy atom. The van der Waals surface area contributed by atoms with Crippen molar-refractivity contribution in [3.8, 4) is 5.75 Å². The van der Waals surface area contributed by atoms with E-state index in [1.807, 2.05) is 23.7 Å². The van der Waals surface area contributed by atoms with Crippen molar-refractivity contribution in [2.75, 3.05) is 19.0 Å². The molecule has 10 nitrogen and oxygen atoms in total. The molecule has 4 rings (SSSR count). The minimum Gasteiger partial charge on any atom is -0.496 e. The van der Waals surface area contributed by atoms with E-state index >= 15 is 0 Å². The maximum atomic E-state index is 12.2. The SMILES string of the molecule is CCn1ncc2c(OC)cc(NC3=C(C(N)=O)CCN=C(N[C@@H]4CCCC[C@@H]4N)N3)cc21. The summed E-state index contributed by atoms with van der Waals surface area (Å²) < 4.78 is 7.47. The molecule has 32 heavy (non-hydrogen) atoms. The number of nitrogens with one attached hydrogen (secondary N) is 3. The molecule has 1 aliphatic carbocycles. The quantitative estimate of drug-likeness (QED) is 0.456. The zero-order valence-corrected chi connectivity index (χ0v) is 18.6. The van der Waals surface area contributed by atoms with Crippen molar-refractivity contribution in [3.05, 3.63) is 29.7 Å². The lowest BCUT2D eigenvalue weighted by Crippen LogP contribution is -2.53. The Balaban J connectivity index is 1.63. The molecule has 1 aliphatic heterocycles. The summed E-state index contributed by atoms with van der Waals surface area (Å²) in [4.78, 5) is 16.8. The minimum absolute atomic E-state index is 0.0773. The van der Waals surface area contributed by atoms with E-state index in [1.165, 1.54) is 0 Å². The van der Waals surface area contributed by atoms with Crippen molar-refractivity contribution < 1.29 is 9.53 Å². The van der Waals surface area contributed by atoms with Gasteiger partial charge >= 0.3 is 0 Å². The lowest BCUT2D eigenvalue weighted by atomic mass is 9.91. The number of aliphatic imine (C=N–C) groups is 1. The molecule has 10 heteroatoms. The van der Waals surface area contributed by atoms with Crippen LogP contribution in [0.15, 0.2) is 34.7 Å². The molecule has 2 heterocycles. The number of benzene rings is 1. The van der Waals surface area contributed by atoms with E-state index < -0.39 is 5.91 Å². The van der Waals surface area contributed by atoms with E-state index in [-0.39, 0.29) is 12.1 Å². The molecule has 2 aromatic rings. The third-order valence-electron chi connectivity index (χ3n) is 6.13. The molecule has 1 amide bonds. The highest BCUT2D eigenvalue weighted by molar-refractivity contribution is 5.96. The second-order valence-electron chi connectivity index (χ2n) is 8.22. The van der Waals surface area contributed by atoms with Crippen molar-refractivity contribution >= 4 is 28.5 Å². The Hall–Kier alpha value is -3.27. The highest BCUT2D eigenvalue weighted by atomic mass is 16.5. The van der Waals surface area contributed by atoms with Crippen molar-refractivity contribution in [1.29, 1.82) is 0 Å². The van der Waals surface area contributed by atoms with E-state index in [9.17, 15) is 4.79 Å². The van der Waals surface area contributed by atoms with Crippen LogP contribution in [-0.4, -0.2) is 47.4 Å². The summed E-state index contributed by atoms with van der Waals surface area (Å²) in [6.45, 7) is 3.21. The number of ether oxygens (including phenoxy) is 1. The molecule has 1 aromatic heterocycles. The predicted octanol–water partition coefficient (Wildman–Crippen LogP) is 1.38. The van der Waals surface area contributed by atoms with Gasteiger partial charge in [0.2, 0.25) is 5.91 Å². The fourth-order valence-electron chi connectivity index (χ4n) is 4.37. The molecule has 1 saturated carbocycles. The number of amides is 1. The number of primary amides is 1. The van der Waals surface area contributed by atoms with Crippen molar-refractivity contribution in [2.45, 2.75) is 57.7 Å². The lowest BCUT2D eigenvalue weighted by Gasteiger charge is -2.30. The van der Waals surface area contributed by atoms with Gasteiger partial charge in [0.05, 0.1) is 29.8 Å². The monoisotopic (exact) mass is 440 g/mol. The molecule has 1 aromatic carbocycles. The Kier molecular flexibility index (Phi) is 6.50. The van der Waals surface area contributed by atoms with Gasteiger partial charge in [-0.3, -0.25) is 14.5 Å². The molecular formula is C22H32N8O2. The number of hydrogen-bond donors (Lipinski definition) is 5. The Labute approximate surface area is 187 Å². The number of guanidine groups is 1. The number of carbonyl (C=O) groups is 1. The summed E-state index contributed by atoms with van der Waals surface area (Å²) in [6, 6.07) is 4.08. The first-order chi connectivity index (χ1) is 15.5. The summed E-state index contributed by atoms with van der Waals surface area (Å²) in [5, 5.41) is 15.4. The molecule has 0 saturated heterocycles. The molecule has 1 fully saturated rings. The summed E-state index contributed by atoms with van der Waals surface area (Å²) >= 11 is 0. The number of aromatic nitrogens is 2. The highest BCUT2D eigenvalue weighted by Crippen LogP contribution is 2.31. The first-order valence-corrected chi connectivity index (χ1v) is 11.2. The number of fused-ring (bicyclic) bond motifs is 1. The molecule has 172 valence electrons. The smallest absolute Gasteiger partial charge is 0.248 e. The summed E-state index contributed by atoms with van der Waals surface area (Å²) in [7, 11) is 1.63. The van der Waals surface area contributed by atoms with E-state index in [0.717, 1.165) is 48.8 Å². The van der Waals surface area contributed by atoms with Crippen LogP contribution in [0.25, 0.3) is 10.9 Å². The highest BCUT2D eigenvalue weighted by Gasteiger charge is 2.25. The normalized spacial score (nSPS) is 21.5. The van der Waals surface area contributed by atoms with E-state index in [0.29, 0.717) is 36.1 Å². The molecule has 0 spiro atoms. The van der Waals surface area contributed by atoms with Crippen LogP contribution < -0.4 is 32.2 Å². The third kappa shape index (κ3) is 4.50. The van der Waals surface area contributed by atoms with Gasteiger partial charge in [-0.25, -0.2) is 0 Å². The second kappa shape index (κ2) is 9.47.